The number of ether oxygens (including phenoxy) is 3. The van der Waals surface area contributed by atoms with Crippen molar-refractivity contribution in [2.75, 3.05) is 21.3 Å². The molecule has 1 heterocycles. The largest absolute Gasteiger partial charge is 0.493 e. The molecule has 0 spiro atoms. The Morgan fingerprint density at radius 2 is 1.66 bits per heavy atom. The number of methoxy groups -OCH3 is 3. The van der Waals surface area contributed by atoms with Crippen molar-refractivity contribution in [3.05, 3.63) is 69.4 Å². The number of amides is 1. The Hall–Kier alpha value is -4.08. The molecule has 2 aromatic carbocycles. The van der Waals surface area contributed by atoms with Gasteiger partial charge in [-0.1, -0.05) is 0 Å². The zero-order valence-corrected chi connectivity index (χ0v) is 18.3. The van der Waals surface area contributed by atoms with E-state index in [-0.39, 0.29) is 11.1 Å². The van der Waals surface area contributed by atoms with Crippen LogP contribution in [0.25, 0.3) is 5.69 Å². The maximum absolute atomic E-state index is 13.2. The van der Waals surface area contributed by atoms with E-state index in [0.29, 0.717) is 39.9 Å². The van der Waals surface area contributed by atoms with E-state index in [1.165, 1.54) is 62.4 Å². The number of aromatic amines is 1. The second-order valence-electron chi connectivity index (χ2n) is 6.78. The number of carbonyl (C=O) groups excluding carboxylic acids is 1. The molecule has 0 unspecified atom stereocenters. The summed E-state index contributed by atoms with van der Waals surface area (Å²) in [5, 5.41) is 7.01. The quantitative estimate of drug-likeness (QED) is 0.432. The van der Waals surface area contributed by atoms with Gasteiger partial charge in [0.2, 0.25) is 5.75 Å². The van der Waals surface area contributed by atoms with Crippen LogP contribution in [0.15, 0.2) is 46.3 Å². The Balaban J connectivity index is 1.89. The molecule has 1 amide bonds. The number of halogens is 1. The average molecular weight is 442 g/mol. The number of hydrogen-bond acceptors (Lipinski definition) is 6. The first kappa shape index (κ1) is 22.6. The van der Waals surface area contributed by atoms with Crippen molar-refractivity contribution in [2.24, 2.45) is 5.10 Å². The minimum Gasteiger partial charge on any atom is -0.493 e. The molecule has 0 aliphatic heterocycles. The van der Waals surface area contributed by atoms with Crippen molar-refractivity contribution in [3.63, 3.8) is 0 Å². The summed E-state index contributed by atoms with van der Waals surface area (Å²) < 4.78 is 30.2. The highest BCUT2D eigenvalue weighted by Crippen LogP contribution is 2.38. The van der Waals surface area contributed by atoms with Crippen molar-refractivity contribution >= 4 is 11.6 Å². The highest BCUT2D eigenvalue weighted by atomic mass is 19.1. The Morgan fingerprint density at radius 3 is 2.19 bits per heavy atom. The van der Waals surface area contributed by atoms with Crippen LogP contribution in [0.5, 0.6) is 17.2 Å². The Morgan fingerprint density at radius 1 is 1.06 bits per heavy atom. The fraction of sp³-hybridized carbons (Fsp3) is 0.227. The van der Waals surface area contributed by atoms with Crippen molar-refractivity contribution in [1.29, 1.82) is 0 Å². The van der Waals surface area contributed by atoms with Gasteiger partial charge >= 0.3 is 0 Å². The summed E-state index contributed by atoms with van der Waals surface area (Å²) in [6.07, 6.45) is 0. The van der Waals surface area contributed by atoms with E-state index in [1.807, 2.05) is 0 Å². The van der Waals surface area contributed by atoms with E-state index in [4.69, 9.17) is 14.2 Å². The fourth-order valence-electron chi connectivity index (χ4n) is 3.21. The number of benzene rings is 2. The smallest absolute Gasteiger partial charge is 0.280 e. The van der Waals surface area contributed by atoms with E-state index >= 15 is 0 Å². The van der Waals surface area contributed by atoms with Crippen LogP contribution in [0.4, 0.5) is 4.39 Å². The molecule has 32 heavy (non-hydrogen) atoms. The number of nitrogens with one attached hydrogen (secondary N) is 2. The molecule has 1 aromatic heterocycles. The lowest BCUT2D eigenvalue weighted by atomic mass is 10.1. The predicted molar refractivity (Wildman–Crippen MR) is 117 cm³/mol. The molecular formula is C22H23FN4O5. The van der Waals surface area contributed by atoms with Crippen LogP contribution in [0.2, 0.25) is 0 Å². The number of nitrogens with zero attached hydrogens (tertiary/aromatic N) is 2. The molecule has 0 radical (unpaired) electrons. The van der Waals surface area contributed by atoms with Crippen LogP contribution in [-0.2, 0) is 0 Å². The maximum Gasteiger partial charge on any atom is 0.280 e. The van der Waals surface area contributed by atoms with Gasteiger partial charge in [0.25, 0.3) is 11.5 Å². The lowest BCUT2D eigenvalue weighted by molar-refractivity contribution is 0.0954. The summed E-state index contributed by atoms with van der Waals surface area (Å²) in [6.45, 7) is 3.30. The van der Waals surface area contributed by atoms with Crippen LogP contribution in [0, 0.1) is 12.7 Å². The van der Waals surface area contributed by atoms with Crippen LogP contribution in [0.1, 0.15) is 28.5 Å². The highest BCUT2D eigenvalue weighted by molar-refractivity contribution is 6.01. The van der Waals surface area contributed by atoms with Gasteiger partial charge in [0, 0.05) is 11.3 Å². The van der Waals surface area contributed by atoms with Crippen molar-refractivity contribution in [2.45, 2.75) is 13.8 Å². The Kier molecular flexibility index (Phi) is 6.62. The van der Waals surface area contributed by atoms with Gasteiger partial charge in [0.1, 0.15) is 5.82 Å². The molecule has 10 heteroatoms. The normalized spacial score (nSPS) is 11.2. The van der Waals surface area contributed by atoms with Crippen LogP contribution < -0.4 is 25.2 Å². The number of hydrogen-bond donors (Lipinski definition) is 2. The summed E-state index contributed by atoms with van der Waals surface area (Å²) >= 11 is 0. The first-order chi connectivity index (χ1) is 15.3. The number of rotatable bonds is 7. The Bertz CT molecular complexity index is 1200. The number of aromatic nitrogens is 2. The molecule has 2 N–H and O–H groups in total. The van der Waals surface area contributed by atoms with E-state index in [0.717, 1.165) is 0 Å². The molecular weight excluding hydrogens is 419 g/mol. The van der Waals surface area contributed by atoms with Crippen LogP contribution in [-0.4, -0.2) is 42.7 Å². The number of aryl methyl sites for hydroxylation is 1. The molecule has 9 nitrogen and oxygen atoms in total. The number of hydrazone groups is 1. The van der Waals surface area contributed by atoms with E-state index < -0.39 is 11.7 Å². The topological polar surface area (TPSA) is 107 Å². The summed E-state index contributed by atoms with van der Waals surface area (Å²) in [6, 6.07) is 8.46. The average Bonchev–Trinajstić information content (AvgIpc) is 3.10. The first-order valence-electron chi connectivity index (χ1n) is 9.53. The monoisotopic (exact) mass is 442 g/mol. The minimum atomic E-state index is -0.532. The molecule has 0 saturated heterocycles. The summed E-state index contributed by atoms with van der Waals surface area (Å²) in [5.41, 5.74) is 3.89. The van der Waals surface area contributed by atoms with Gasteiger partial charge in [-0.05, 0) is 50.2 Å². The molecule has 0 aliphatic rings. The third kappa shape index (κ3) is 4.34. The SMILES string of the molecule is COc1cc(C(=O)N/N=C(\C)c2c(C)[nH]n(-c3ccc(F)cc3)c2=O)cc(OC)c1OC. The Labute approximate surface area is 183 Å². The van der Waals surface area contributed by atoms with Gasteiger partial charge in [-0.25, -0.2) is 14.5 Å². The zero-order valence-electron chi connectivity index (χ0n) is 18.3. The summed E-state index contributed by atoms with van der Waals surface area (Å²) in [4.78, 5) is 25.5. The molecule has 0 bridgehead atoms. The molecule has 168 valence electrons. The van der Waals surface area contributed by atoms with Gasteiger partial charge in [-0.2, -0.15) is 5.10 Å². The van der Waals surface area contributed by atoms with Crippen molar-refractivity contribution in [1.82, 2.24) is 15.2 Å². The van der Waals surface area contributed by atoms with Gasteiger partial charge in [0.05, 0.1) is 38.3 Å². The second kappa shape index (κ2) is 9.38. The molecule has 3 rings (SSSR count). The van der Waals surface area contributed by atoms with E-state index in [1.54, 1.807) is 13.8 Å². The van der Waals surface area contributed by atoms with Crippen LogP contribution in [0.3, 0.4) is 0 Å². The molecule has 0 fully saturated rings. The molecule has 0 saturated carbocycles. The third-order valence-corrected chi connectivity index (χ3v) is 4.77. The minimum absolute atomic E-state index is 0.227. The summed E-state index contributed by atoms with van der Waals surface area (Å²) in [5.74, 6) is 0.0615. The molecule has 3 aromatic rings. The maximum atomic E-state index is 13.2. The second-order valence-corrected chi connectivity index (χ2v) is 6.78. The zero-order chi connectivity index (χ0) is 23.4. The third-order valence-electron chi connectivity index (χ3n) is 4.77. The number of H-pyrrole nitrogens is 1. The lowest BCUT2D eigenvalue weighted by Gasteiger charge is -2.13. The lowest BCUT2D eigenvalue weighted by Crippen LogP contribution is -2.23. The highest BCUT2D eigenvalue weighted by Gasteiger charge is 2.18. The van der Waals surface area contributed by atoms with E-state index in [9.17, 15) is 14.0 Å². The van der Waals surface area contributed by atoms with Gasteiger partial charge in [-0.15, -0.1) is 0 Å². The van der Waals surface area contributed by atoms with Gasteiger partial charge < -0.3 is 14.2 Å². The molecule has 0 atom stereocenters. The van der Waals surface area contributed by atoms with Crippen molar-refractivity contribution in [3.8, 4) is 22.9 Å². The first-order valence-corrected chi connectivity index (χ1v) is 9.53. The number of carbonyl (C=O) groups is 1. The predicted octanol–water partition coefficient (Wildman–Crippen LogP) is 2.79. The molecule has 0 aliphatic carbocycles. The van der Waals surface area contributed by atoms with Gasteiger partial charge in [-0.3, -0.25) is 14.7 Å². The van der Waals surface area contributed by atoms with Gasteiger partial charge in [0.15, 0.2) is 11.5 Å². The fourth-order valence-corrected chi connectivity index (χ4v) is 3.21. The summed E-state index contributed by atoms with van der Waals surface area (Å²) in [7, 11) is 4.36. The van der Waals surface area contributed by atoms with Crippen LogP contribution >= 0.6 is 0 Å². The van der Waals surface area contributed by atoms with E-state index in [2.05, 4.69) is 15.6 Å². The standard InChI is InChI=1S/C22H23FN4O5/c1-12(19-13(2)26-27(22(19)29)16-8-6-15(23)7-9-16)24-25-21(28)14-10-17(30-3)20(32-5)18(11-14)31-4/h6-11,26H,1-5H3,(H,25,28)/b24-12+. The van der Waals surface area contributed by atoms with Crippen molar-refractivity contribution < 1.29 is 23.4 Å².